The third kappa shape index (κ3) is 167. The Morgan fingerprint density at radius 1 is 0.733 bits per heavy atom. The van der Waals surface area contributed by atoms with Gasteiger partial charge in [-0.05, 0) is 0 Å². The molecule has 0 rings (SSSR count). The molecule has 0 aromatic carbocycles. The van der Waals surface area contributed by atoms with Crippen molar-refractivity contribution < 1.29 is 52.7 Å². The summed E-state index contributed by atoms with van der Waals surface area (Å²) in [4.78, 5) is 50.9. The Morgan fingerprint density at radius 2 is 0.733 bits per heavy atom. The van der Waals surface area contributed by atoms with E-state index in [1.807, 2.05) is 0 Å². The van der Waals surface area contributed by atoms with Gasteiger partial charge in [0, 0.05) is 0 Å². The Labute approximate surface area is 252 Å². The molecule has 0 amide bonds. The quantitative estimate of drug-likeness (QED) is 0.158. The Kier molecular flexibility index (Phi) is 65.1. The van der Waals surface area contributed by atoms with E-state index in [0.717, 1.165) is 0 Å². The first-order valence-electron chi connectivity index (χ1n) is 1.68. The van der Waals surface area contributed by atoms with Crippen LogP contribution in [-0.2, 0) is 4.57 Å². The minimum atomic E-state index is -4.64. The second kappa shape index (κ2) is 22.7. The molecule has 0 spiro atoms. The van der Waals surface area contributed by atoms with Crippen LogP contribution < -0.4 is 0 Å². The molecular weight excluding hydrogens is 387 g/mol. The molecule has 0 aromatic rings. The summed E-state index contributed by atoms with van der Waals surface area (Å²) in [7, 11) is -9.25. The van der Waals surface area contributed by atoms with Crippen molar-refractivity contribution in [3.8, 4) is 0 Å². The third-order valence-corrected chi connectivity index (χ3v) is 0. The van der Waals surface area contributed by atoms with Crippen LogP contribution in [0.5, 0.6) is 0 Å². The fourth-order valence-corrected chi connectivity index (χ4v) is 0. The summed E-state index contributed by atoms with van der Waals surface area (Å²) in [6.07, 6.45) is 0. The third-order valence-electron chi connectivity index (χ3n) is 0. The maximum absolute atomic E-state index is 8.88. The average molecular weight is 405 g/mol. The van der Waals surface area contributed by atoms with Crippen molar-refractivity contribution in [3.05, 3.63) is 0 Å². The molecule has 0 aliphatic rings. The van der Waals surface area contributed by atoms with Crippen molar-refractivity contribution in [1.82, 2.24) is 0 Å². The molecule has 15 heavy (non-hydrogen) atoms. The van der Waals surface area contributed by atoms with Gasteiger partial charge in [-0.15, -0.1) is 0 Å². The first kappa shape index (κ1) is 43.0. The van der Waals surface area contributed by atoms with Gasteiger partial charge in [0.2, 0.25) is 0 Å². The largest absolute Gasteiger partial charge is 2.00 e. The molecule has 0 aromatic heterocycles. The van der Waals surface area contributed by atoms with E-state index in [4.69, 9.17) is 38.4 Å². The minimum absolute atomic E-state index is 0. The van der Waals surface area contributed by atoms with Crippen LogP contribution in [0.15, 0.2) is 0 Å². The maximum atomic E-state index is 8.88. The molecule has 0 fully saturated rings. The molecule has 84 valence electrons. The topological polar surface area (TPSA) is 159 Å². The zero-order valence-electron chi connectivity index (χ0n) is 18.0. The van der Waals surface area contributed by atoms with Crippen LogP contribution in [0.4, 0.5) is 0 Å². The van der Waals surface area contributed by atoms with Gasteiger partial charge in [0.15, 0.2) is 0 Å². The van der Waals surface area contributed by atoms with E-state index in [1.54, 1.807) is 0 Å². The monoisotopic (exact) mass is 404 g/mol. The number of hydrogen-bond donors (Lipinski definition) is 7. The molecule has 0 bridgehead atoms. The van der Waals surface area contributed by atoms with Crippen LogP contribution >= 0.6 is 7.82 Å². The maximum Gasteiger partial charge on any atom is 2.00 e. The van der Waals surface area contributed by atoms with Crippen molar-refractivity contribution in [1.29, 1.82) is 0 Å². The second-order valence-corrected chi connectivity index (χ2v) is 3.34. The van der Waals surface area contributed by atoms with Crippen LogP contribution in [0, 0.1) is 0 Å². The zero-order valence-corrected chi connectivity index (χ0v) is 21.0. The van der Waals surface area contributed by atoms with Gasteiger partial charge in [-0.1, -0.05) is 0 Å². The van der Waals surface area contributed by atoms with Gasteiger partial charge < -0.3 is 48.1 Å². The minimum Gasteiger partial charge on any atom is -1.00 e. The fourth-order valence-electron chi connectivity index (χ4n) is 0. The van der Waals surface area contributed by atoms with Crippen LogP contribution in [0.3, 0.4) is 0 Å². The molecular formula is H17Ca5O8PSi. The summed E-state index contributed by atoms with van der Waals surface area (Å²) in [6, 6.07) is 0. The summed E-state index contributed by atoms with van der Waals surface area (Å²) in [5, 5.41) is 0. The van der Waals surface area contributed by atoms with E-state index in [2.05, 4.69) is 0 Å². The molecule has 8 nitrogen and oxygen atoms in total. The summed E-state index contributed by atoms with van der Waals surface area (Å²) in [5.41, 5.74) is 0. The van der Waals surface area contributed by atoms with Crippen LogP contribution in [-0.4, -0.2) is 232 Å². The first-order valence-corrected chi connectivity index (χ1v) is 5.03. The number of phosphoric acid groups is 1. The van der Waals surface area contributed by atoms with Crippen molar-refractivity contribution in [2.24, 2.45) is 0 Å². The van der Waals surface area contributed by atoms with Crippen LogP contribution in [0.25, 0.3) is 0 Å². The van der Waals surface area contributed by atoms with Crippen molar-refractivity contribution in [3.63, 3.8) is 0 Å². The van der Waals surface area contributed by atoms with Crippen molar-refractivity contribution >= 4 is 206 Å². The SMILES string of the molecule is O=P(O)(O)O.O[Si](O)(O)O.[Ca+2].[Ca+2].[Ca+2].[Ca+2].[Ca+2].[H-].[H-].[H-].[H-].[H-].[H-].[H-].[H-].[H-].[H-]. The van der Waals surface area contributed by atoms with Crippen molar-refractivity contribution in [2.45, 2.75) is 0 Å². The normalized spacial score (nSPS) is 7.93. The van der Waals surface area contributed by atoms with Gasteiger partial charge in [-0.25, -0.2) is 4.57 Å². The average Bonchev–Trinajstić information content (AvgIpc) is 1.12. The molecule has 0 radical (unpaired) electrons. The molecule has 15 heteroatoms. The van der Waals surface area contributed by atoms with Crippen molar-refractivity contribution in [2.75, 3.05) is 0 Å². The molecule has 7 N–H and O–H groups in total. The fraction of sp³-hybridized carbons (Fsp3) is 0. The molecule has 0 aliphatic heterocycles. The van der Waals surface area contributed by atoms with Gasteiger partial charge in [0.05, 0.1) is 0 Å². The van der Waals surface area contributed by atoms with E-state index in [9.17, 15) is 0 Å². The Bertz CT molecular complexity index is 139. The van der Waals surface area contributed by atoms with Gasteiger partial charge in [0.1, 0.15) is 0 Å². The number of hydrogen-bond acceptors (Lipinski definition) is 5. The predicted octanol–water partition coefficient (Wildman–Crippen LogP) is -4.32. The molecule has 0 saturated heterocycles. The van der Waals surface area contributed by atoms with E-state index in [-0.39, 0.29) is 203 Å². The first-order chi connectivity index (χ1) is 4.00. The summed E-state index contributed by atoms with van der Waals surface area (Å²) < 4.78 is 8.88. The van der Waals surface area contributed by atoms with E-state index in [1.165, 1.54) is 0 Å². The number of rotatable bonds is 0. The summed E-state index contributed by atoms with van der Waals surface area (Å²) >= 11 is 0. The Balaban J connectivity index is -0.00000000213. The molecule has 0 heterocycles. The predicted molar refractivity (Wildman–Crippen MR) is 68.8 cm³/mol. The zero-order chi connectivity index (χ0) is 9.00. The summed E-state index contributed by atoms with van der Waals surface area (Å²) in [6.45, 7) is 0. The Hall–Kier alpha value is 6.47. The Morgan fingerprint density at radius 3 is 0.733 bits per heavy atom. The molecule has 0 unspecified atom stereocenters. The van der Waals surface area contributed by atoms with Gasteiger partial charge in [0.25, 0.3) is 0 Å². The summed E-state index contributed by atoms with van der Waals surface area (Å²) in [5.74, 6) is 0. The van der Waals surface area contributed by atoms with Gasteiger partial charge >= 0.3 is 206 Å². The molecule has 0 aliphatic carbocycles. The van der Waals surface area contributed by atoms with Crippen LogP contribution in [0.1, 0.15) is 14.3 Å². The van der Waals surface area contributed by atoms with Gasteiger partial charge in [-0.3, -0.25) is 0 Å². The van der Waals surface area contributed by atoms with E-state index >= 15 is 0 Å². The van der Waals surface area contributed by atoms with Crippen LogP contribution in [0.2, 0.25) is 0 Å². The van der Waals surface area contributed by atoms with E-state index in [0.29, 0.717) is 0 Å². The second-order valence-electron chi connectivity index (χ2n) is 1.11. The molecule has 0 saturated carbocycles. The smallest absolute Gasteiger partial charge is 1.00 e. The van der Waals surface area contributed by atoms with E-state index < -0.39 is 16.9 Å². The standard InChI is InChI=1S/5Ca.H3O4P.H4O4Si.10H/c;;;;;2*1-5(2,3)4;;;;;;;;;;/h;;;;;(H3,1,2,3,4);1-4H;;;;;;;;;;/q5*+2;;;10*-1. The molecule has 0 atom stereocenters. The van der Waals surface area contributed by atoms with Gasteiger partial charge in [-0.2, -0.15) is 0 Å².